The van der Waals surface area contributed by atoms with Crippen LogP contribution in [0.3, 0.4) is 0 Å². The SMILES string of the molecule is COCCOCCOCC(=O)N(Cc1nccs1)C[C@H]1COC(C)(C)O1. The Labute approximate surface area is 158 Å². The van der Waals surface area contributed by atoms with Crippen LogP contribution in [0, 0.1) is 0 Å². The normalized spacial score (nSPS) is 19.0. The third kappa shape index (κ3) is 7.65. The highest BCUT2D eigenvalue weighted by molar-refractivity contribution is 7.09. The molecule has 0 unspecified atom stereocenters. The van der Waals surface area contributed by atoms with E-state index < -0.39 is 5.79 Å². The topological polar surface area (TPSA) is 79.4 Å². The maximum atomic E-state index is 12.6. The molecular weight excluding hydrogens is 360 g/mol. The van der Waals surface area contributed by atoms with Crippen LogP contribution in [0.25, 0.3) is 0 Å². The van der Waals surface area contributed by atoms with Gasteiger partial charge in [-0.25, -0.2) is 4.98 Å². The highest BCUT2D eigenvalue weighted by Crippen LogP contribution is 2.23. The number of carbonyl (C=O) groups excluding carboxylic acids is 1. The summed E-state index contributed by atoms with van der Waals surface area (Å²) in [5, 5.41) is 2.77. The molecule has 2 heterocycles. The average molecular weight is 388 g/mol. The van der Waals surface area contributed by atoms with E-state index in [1.807, 2.05) is 19.2 Å². The van der Waals surface area contributed by atoms with Crippen LogP contribution >= 0.6 is 11.3 Å². The minimum Gasteiger partial charge on any atom is -0.382 e. The molecule has 1 aromatic heterocycles. The third-order valence-corrected chi connectivity index (χ3v) is 4.45. The Morgan fingerprint density at radius 2 is 2.12 bits per heavy atom. The van der Waals surface area contributed by atoms with Gasteiger partial charge in [0.15, 0.2) is 5.79 Å². The second kappa shape index (κ2) is 10.9. The molecular formula is C17H28N2O6S. The number of methoxy groups -OCH3 is 1. The zero-order chi connectivity index (χ0) is 18.8. The summed E-state index contributed by atoms with van der Waals surface area (Å²) >= 11 is 1.52. The number of thiazole rings is 1. The number of hydrogen-bond donors (Lipinski definition) is 0. The van der Waals surface area contributed by atoms with Gasteiger partial charge in [0.05, 0.1) is 39.6 Å². The highest BCUT2D eigenvalue weighted by atomic mass is 32.1. The molecule has 0 saturated carbocycles. The molecule has 148 valence electrons. The summed E-state index contributed by atoms with van der Waals surface area (Å²) in [6.07, 6.45) is 1.57. The molecule has 1 saturated heterocycles. The van der Waals surface area contributed by atoms with Crippen LogP contribution in [-0.4, -0.2) is 81.0 Å². The molecule has 1 aliphatic heterocycles. The van der Waals surface area contributed by atoms with Crippen molar-refractivity contribution in [2.24, 2.45) is 0 Å². The number of amides is 1. The fraction of sp³-hybridized carbons (Fsp3) is 0.765. The summed E-state index contributed by atoms with van der Waals surface area (Å²) < 4.78 is 27.0. The van der Waals surface area contributed by atoms with Gasteiger partial charge in [0, 0.05) is 25.2 Å². The van der Waals surface area contributed by atoms with Crippen molar-refractivity contribution in [1.29, 1.82) is 0 Å². The molecule has 9 heteroatoms. The molecule has 1 atom stereocenters. The Hall–Kier alpha value is -1.10. The third-order valence-electron chi connectivity index (χ3n) is 3.68. The van der Waals surface area contributed by atoms with Crippen molar-refractivity contribution in [3.63, 3.8) is 0 Å². The second-order valence-corrected chi connectivity index (χ2v) is 7.29. The van der Waals surface area contributed by atoms with Crippen molar-refractivity contribution in [1.82, 2.24) is 9.88 Å². The minimum absolute atomic E-state index is 0.00399. The molecule has 0 N–H and O–H groups in total. The second-order valence-electron chi connectivity index (χ2n) is 6.31. The molecule has 2 rings (SSSR count). The summed E-state index contributed by atoms with van der Waals surface area (Å²) in [6.45, 7) is 6.91. The monoisotopic (exact) mass is 388 g/mol. The number of hydrogen-bond acceptors (Lipinski definition) is 8. The van der Waals surface area contributed by atoms with E-state index in [1.165, 1.54) is 11.3 Å². The van der Waals surface area contributed by atoms with E-state index in [1.54, 1.807) is 18.2 Å². The molecule has 0 bridgehead atoms. The number of ether oxygens (including phenoxy) is 5. The molecule has 0 spiro atoms. The van der Waals surface area contributed by atoms with E-state index in [2.05, 4.69) is 4.98 Å². The van der Waals surface area contributed by atoms with Crippen LogP contribution in [0.5, 0.6) is 0 Å². The molecule has 0 aromatic carbocycles. The van der Waals surface area contributed by atoms with Crippen LogP contribution in [0.2, 0.25) is 0 Å². The van der Waals surface area contributed by atoms with Crippen molar-refractivity contribution in [3.05, 3.63) is 16.6 Å². The minimum atomic E-state index is -0.614. The van der Waals surface area contributed by atoms with Crippen LogP contribution in [-0.2, 0) is 35.0 Å². The lowest BCUT2D eigenvalue weighted by Crippen LogP contribution is -2.40. The molecule has 1 fully saturated rings. The van der Waals surface area contributed by atoms with Crippen molar-refractivity contribution in [2.45, 2.75) is 32.3 Å². The van der Waals surface area contributed by atoms with E-state index >= 15 is 0 Å². The molecule has 1 aliphatic rings. The number of carbonyl (C=O) groups is 1. The largest absolute Gasteiger partial charge is 0.382 e. The number of rotatable bonds is 12. The van der Waals surface area contributed by atoms with E-state index in [-0.39, 0.29) is 18.6 Å². The molecule has 0 aliphatic carbocycles. The van der Waals surface area contributed by atoms with Crippen molar-refractivity contribution >= 4 is 17.2 Å². The van der Waals surface area contributed by atoms with Gasteiger partial charge < -0.3 is 28.6 Å². The van der Waals surface area contributed by atoms with Gasteiger partial charge in [0.25, 0.3) is 0 Å². The summed E-state index contributed by atoms with van der Waals surface area (Å²) in [5.41, 5.74) is 0. The molecule has 26 heavy (non-hydrogen) atoms. The fourth-order valence-corrected chi connectivity index (χ4v) is 3.09. The van der Waals surface area contributed by atoms with E-state index in [0.717, 1.165) is 5.01 Å². The zero-order valence-electron chi connectivity index (χ0n) is 15.6. The van der Waals surface area contributed by atoms with E-state index in [0.29, 0.717) is 46.1 Å². The van der Waals surface area contributed by atoms with E-state index in [4.69, 9.17) is 23.7 Å². The first-order valence-electron chi connectivity index (χ1n) is 8.62. The molecule has 1 aromatic rings. The Bertz CT molecular complexity index is 525. The van der Waals surface area contributed by atoms with Crippen molar-refractivity contribution < 1.29 is 28.5 Å². The molecule has 8 nitrogen and oxygen atoms in total. The van der Waals surface area contributed by atoms with Crippen molar-refractivity contribution in [3.8, 4) is 0 Å². The smallest absolute Gasteiger partial charge is 0.249 e. The summed E-state index contributed by atoms with van der Waals surface area (Å²) in [4.78, 5) is 18.5. The quantitative estimate of drug-likeness (QED) is 0.499. The molecule has 1 amide bonds. The summed E-state index contributed by atoms with van der Waals surface area (Å²) in [7, 11) is 1.62. The van der Waals surface area contributed by atoms with Crippen molar-refractivity contribution in [2.75, 3.05) is 53.3 Å². The van der Waals surface area contributed by atoms with Gasteiger partial charge in [0.2, 0.25) is 5.91 Å². The predicted octanol–water partition coefficient (Wildman–Crippen LogP) is 1.30. The lowest BCUT2D eigenvalue weighted by molar-refractivity contribution is -0.149. The standard InChI is InChI=1S/C17H28N2O6S/c1-17(2)24-12-14(25-17)10-19(11-15-18-4-9-26-15)16(20)13-23-8-7-22-6-5-21-3/h4,9,14H,5-8,10-13H2,1-3H3/t14-/m0/s1. The highest BCUT2D eigenvalue weighted by Gasteiger charge is 2.34. The first kappa shape index (κ1) is 21.2. The fourth-order valence-electron chi connectivity index (χ4n) is 2.46. The maximum absolute atomic E-state index is 12.6. The predicted molar refractivity (Wildman–Crippen MR) is 95.9 cm³/mol. The maximum Gasteiger partial charge on any atom is 0.249 e. The first-order valence-corrected chi connectivity index (χ1v) is 9.50. The van der Waals surface area contributed by atoms with Crippen LogP contribution in [0.15, 0.2) is 11.6 Å². The molecule has 0 radical (unpaired) electrons. The van der Waals surface area contributed by atoms with Gasteiger partial charge in [-0.05, 0) is 13.8 Å². The zero-order valence-corrected chi connectivity index (χ0v) is 16.5. The lowest BCUT2D eigenvalue weighted by Gasteiger charge is -2.25. The average Bonchev–Trinajstić information content (AvgIpc) is 3.22. The number of aromatic nitrogens is 1. The van der Waals surface area contributed by atoms with E-state index in [9.17, 15) is 4.79 Å². The Balaban J connectivity index is 1.78. The Morgan fingerprint density at radius 1 is 1.35 bits per heavy atom. The van der Waals surface area contributed by atoms with Gasteiger partial charge in [-0.15, -0.1) is 11.3 Å². The lowest BCUT2D eigenvalue weighted by atomic mass is 10.3. The van der Waals surface area contributed by atoms with Gasteiger partial charge in [-0.3, -0.25) is 4.79 Å². The summed E-state index contributed by atoms with van der Waals surface area (Å²) in [5.74, 6) is -0.721. The van der Waals surface area contributed by atoms with Gasteiger partial charge in [-0.2, -0.15) is 0 Å². The number of nitrogens with zero attached hydrogens (tertiary/aromatic N) is 2. The van der Waals surface area contributed by atoms with Crippen LogP contribution in [0.1, 0.15) is 18.9 Å². The van der Waals surface area contributed by atoms with Gasteiger partial charge in [-0.1, -0.05) is 0 Å². The Morgan fingerprint density at radius 3 is 2.77 bits per heavy atom. The van der Waals surface area contributed by atoms with Gasteiger partial charge in [0.1, 0.15) is 17.7 Å². The first-order chi connectivity index (χ1) is 12.5. The Kier molecular flexibility index (Phi) is 8.89. The van der Waals surface area contributed by atoms with Gasteiger partial charge >= 0.3 is 0 Å². The van der Waals surface area contributed by atoms with Crippen LogP contribution < -0.4 is 0 Å². The van der Waals surface area contributed by atoms with Crippen LogP contribution in [0.4, 0.5) is 0 Å². The summed E-state index contributed by atoms with van der Waals surface area (Å²) in [6, 6.07) is 0.